The molecule has 0 unspecified atom stereocenters. The minimum absolute atomic E-state index is 0.242. The maximum Gasteiger partial charge on any atom is 0.0800 e. The third kappa shape index (κ3) is 5.33. The van der Waals surface area contributed by atoms with Crippen LogP contribution in [0.5, 0.6) is 0 Å². The average Bonchev–Trinajstić information content (AvgIpc) is 2.64. The van der Waals surface area contributed by atoms with Crippen molar-refractivity contribution in [2.75, 3.05) is 6.61 Å². The summed E-state index contributed by atoms with van der Waals surface area (Å²) < 4.78 is 5.66. The van der Waals surface area contributed by atoms with Crippen LogP contribution in [-0.2, 0) is 4.74 Å². The van der Waals surface area contributed by atoms with Crippen LogP contribution in [0.4, 0.5) is 0 Å². The van der Waals surface area contributed by atoms with Crippen molar-refractivity contribution < 1.29 is 9.84 Å². The van der Waals surface area contributed by atoms with Gasteiger partial charge >= 0.3 is 0 Å². The summed E-state index contributed by atoms with van der Waals surface area (Å²) in [6.45, 7) is 10.3. The van der Waals surface area contributed by atoms with E-state index in [0.717, 1.165) is 19.4 Å². The summed E-state index contributed by atoms with van der Waals surface area (Å²) >= 11 is 0. The number of rotatable bonds is 5. The fourth-order valence-electron chi connectivity index (χ4n) is 1.88. The van der Waals surface area contributed by atoms with E-state index in [4.69, 9.17) is 4.74 Å². The molecular weight excluding hydrogens is 212 g/mol. The van der Waals surface area contributed by atoms with E-state index in [1.54, 1.807) is 13.0 Å². The fraction of sp³-hybridized carbons (Fsp3) is 0.600. The lowest BCUT2D eigenvalue weighted by molar-refractivity contribution is 0.103. The van der Waals surface area contributed by atoms with E-state index < -0.39 is 5.60 Å². The van der Waals surface area contributed by atoms with Crippen LogP contribution in [0.25, 0.3) is 0 Å². The zero-order valence-corrected chi connectivity index (χ0v) is 11.2. The van der Waals surface area contributed by atoms with Gasteiger partial charge < -0.3 is 9.84 Å². The number of aliphatic hydroxyl groups is 1. The Morgan fingerprint density at radius 3 is 2.88 bits per heavy atom. The lowest BCUT2D eigenvalue weighted by Gasteiger charge is -2.16. The van der Waals surface area contributed by atoms with Crippen LogP contribution in [0.15, 0.2) is 36.0 Å². The SMILES string of the molecule is C=C[C@@](C)(O)CC/C=C1\CO[C@@H](C=C(C)C)C1. The van der Waals surface area contributed by atoms with E-state index in [-0.39, 0.29) is 6.10 Å². The Hall–Kier alpha value is -0.860. The summed E-state index contributed by atoms with van der Waals surface area (Å²) in [5.41, 5.74) is 1.88. The van der Waals surface area contributed by atoms with E-state index in [1.165, 1.54) is 11.1 Å². The van der Waals surface area contributed by atoms with Crippen molar-refractivity contribution in [1.82, 2.24) is 0 Å². The minimum atomic E-state index is -0.754. The van der Waals surface area contributed by atoms with Gasteiger partial charge in [-0.25, -0.2) is 0 Å². The Labute approximate surface area is 105 Å². The summed E-state index contributed by atoms with van der Waals surface area (Å²) in [6.07, 6.45) is 8.78. The Morgan fingerprint density at radius 2 is 2.29 bits per heavy atom. The number of ether oxygens (including phenoxy) is 1. The molecule has 1 rings (SSSR count). The molecule has 2 nitrogen and oxygen atoms in total. The van der Waals surface area contributed by atoms with E-state index in [1.807, 2.05) is 0 Å². The third-order valence-corrected chi connectivity index (χ3v) is 2.99. The molecular formula is C15H24O2. The quantitative estimate of drug-likeness (QED) is 0.741. The van der Waals surface area contributed by atoms with Crippen molar-refractivity contribution in [3.63, 3.8) is 0 Å². The summed E-state index contributed by atoms with van der Waals surface area (Å²) in [5, 5.41) is 9.78. The molecule has 0 spiro atoms. The van der Waals surface area contributed by atoms with Gasteiger partial charge in [0, 0.05) is 6.42 Å². The molecule has 1 aliphatic rings. The van der Waals surface area contributed by atoms with Gasteiger partial charge in [-0.1, -0.05) is 23.8 Å². The highest BCUT2D eigenvalue weighted by Crippen LogP contribution is 2.22. The van der Waals surface area contributed by atoms with E-state index in [0.29, 0.717) is 6.42 Å². The first-order valence-electron chi connectivity index (χ1n) is 6.23. The molecule has 0 aromatic carbocycles. The highest BCUT2D eigenvalue weighted by molar-refractivity contribution is 5.14. The predicted molar refractivity (Wildman–Crippen MR) is 71.9 cm³/mol. The number of hydrogen-bond acceptors (Lipinski definition) is 2. The second kappa shape index (κ2) is 6.18. The van der Waals surface area contributed by atoms with Gasteiger partial charge in [-0.05, 0) is 39.2 Å². The molecule has 0 saturated carbocycles. The molecule has 1 aliphatic heterocycles. The van der Waals surface area contributed by atoms with E-state index in [2.05, 4.69) is 32.6 Å². The first-order chi connectivity index (χ1) is 7.93. The lowest BCUT2D eigenvalue weighted by atomic mass is 9.99. The van der Waals surface area contributed by atoms with Gasteiger partial charge in [-0.15, -0.1) is 6.58 Å². The van der Waals surface area contributed by atoms with Crippen LogP contribution < -0.4 is 0 Å². The Balaban J connectivity index is 2.38. The molecule has 1 fully saturated rings. The summed E-state index contributed by atoms with van der Waals surface area (Å²) in [4.78, 5) is 0. The van der Waals surface area contributed by atoms with Crippen LogP contribution in [-0.4, -0.2) is 23.4 Å². The van der Waals surface area contributed by atoms with E-state index >= 15 is 0 Å². The van der Waals surface area contributed by atoms with Crippen LogP contribution in [0, 0.1) is 0 Å². The topological polar surface area (TPSA) is 29.5 Å². The van der Waals surface area contributed by atoms with Crippen molar-refractivity contribution in [2.45, 2.75) is 51.7 Å². The van der Waals surface area contributed by atoms with Gasteiger partial charge in [0.1, 0.15) is 0 Å². The van der Waals surface area contributed by atoms with Crippen molar-refractivity contribution in [1.29, 1.82) is 0 Å². The normalized spacial score (nSPS) is 25.6. The molecule has 1 saturated heterocycles. The van der Waals surface area contributed by atoms with Crippen LogP contribution in [0.1, 0.15) is 40.0 Å². The molecule has 96 valence electrons. The Kier molecular flexibility index (Phi) is 5.16. The summed E-state index contributed by atoms with van der Waals surface area (Å²) in [7, 11) is 0. The van der Waals surface area contributed by atoms with Gasteiger partial charge in [-0.2, -0.15) is 0 Å². The maximum atomic E-state index is 9.78. The third-order valence-electron chi connectivity index (χ3n) is 2.99. The first kappa shape index (κ1) is 14.2. The second-order valence-electron chi connectivity index (χ2n) is 5.26. The lowest BCUT2D eigenvalue weighted by Crippen LogP contribution is -2.19. The van der Waals surface area contributed by atoms with Crippen LogP contribution in [0.2, 0.25) is 0 Å². The molecule has 2 heteroatoms. The van der Waals surface area contributed by atoms with Gasteiger partial charge in [0.2, 0.25) is 0 Å². The van der Waals surface area contributed by atoms with Crippen molar-refractivity contribution in [3.05, 3.63) is 36.0 Å². The smallest absolute Gasteiger partial charge is 0.0800 e. The Bertz CT molecular complexity index is 320. The van der Waals surface area contributed by atoms with Crippen molar-refractivity contribution in [3.8, 4) is 0 Å². The molecule has 0 aromatic rings. The highest BCUT2D eigenvalue weighted by atomic mass is 16.5. The first-order valence-corrected chi connectivity index (χ1v) is 6.23. The summed E-state index contributed by atoms with van der Waals surface area (Å²) in [6, 6.07) is 0. The average molecular weight is 236 g/mol. The molecule has 0 amide bonds. The molecule has 0 aliphatic carbocycles. The highest BCUT2D eigenvalue weighted by Gasteiger charge is 2.18. The maximum absolute atomic E-state index is 9.78. The monoisotopic (exact) mass is 236 g/mol. The summed E-state index contributed by atoms with van der Waals surface area (Å²) in [5.74, 6) is 0. The molecule has 17 heavy (non-hydrogen) atoms. The zero-order valence-electron chi connectivity index (χ0n) is 11.2. The molecule has 2 atom stereocenters. The zero-order chi connectivity index (χ0) is 12.9. The minimum Gasteiger partial charge on any atom is -0.386 e. The largest absolute Gasteiger partial charge is 0.386 e. The van der Waals surface area contributed by atoms with Crippen molar-refractivity contribution in [2.24, 2.45) is 0 Å². The molecule has 1 heterocycles. The van der Waals surface area contributed by atoms with Crippen molar-refractivity contribution >= 4 is 0 Å². The van der Waals surface area contributed by atoms with Gasteiger partial charge in [0.25, 0.3) is 0 Å². The molecule has 0 aromatic heterocycles. The number of hydrogen-bond donors (Lipinski definition) is 1. The molecule has 1 N–H and O–H groups in total. The molecule has 0 bridgehead atoms. The van der Waals surface area contributed by atoms with Crippen LogP contribution >= 0.6 is 0 Å². The van der Waals surface area contributed by atoms with E-state index in [9.17, 15) is 5.11 Å². The van der Waals surface area contributed by atoms with Crippen LogP contribution in [0.3, 0.4) is 0 Å². The molecule has 0 radical (unpaired) electrons. The second-order valence-corrected chi connectivity index (χ2v) is 5.26. The fourth-order valence-corrected chi connectivity index (χ4v) is 1.88. The number of allylic oxidation sites excluding steroid dienone is 2. The van der Waals surface area contributed by atoms with Gasteiger partial charge in [0.05, 0.1) is 18.3 Å². The predicted octanol–water partition coefficient (Wildman–Crippen LogP) is 3.39. The Morgan fingerprint density at radius 1 is 1.59 bits per heavy atom. The van der Waals surface area contributed by atoms with Gasteiger partial charge in [0.15, 0.2) is 0 Å². The standard InChI is InChI=1S/C15H24O2/c1-5-15(4,16)8-6-7-13-10-14(17-11-13)9-12(2)3/h5,7,9,14,16H,1,6,8,10-11H2,2-4H3/b13-7-/t14-,15+/m0/s1. The van der Waals surface area contributed by atoms with Gasteiger partial charge in [-0.3, -0.25) is 0 Å².